The standard InChI is InChI=1S/C31H43ClN4O5/c1-18-13-14-21(20(3)17-18)26(27(38)35-25-19(2)11-10-12-22(25)32)36(30(4,5)6)28(39)23(15-16-24(33)37)34-29(40)41-31(7,8)9/h10-14,17,23,26H,15-16H2,1-9H3,(H2,33,37)(H,34,40)(H,35,38). The number of alkyl carbamates (subject to hydrolysis) is 1. The van der Waals surface area contributed by atoms with Crippen LogP contribution in [0.5, 0.6) is 0 Å². The van der Waals surface area contributed by atoms with Crippen LogP contribution in [0.3, 0.4) is 0 Å². The number of anilines is 1. The first-order valence-electron chi connectivity index (χ1n) is 13.6. The zero-order valence-corrected chi connectivity index (χ0v) is 26.2. The van der Waals surface area contributed by atoms with Gasteiger partial charge in [0.15, 0.2) is 0 Å². The molecule has 0 heterocycles. The molecular weight excluding hydrogens is 544 g/mol. The van der Waals surface area contributed by atoms with Gasteiger partial charge in [0, 0.05) is 12.0 Å². The first-order chi connectivity index (χ1) is 18.8. The van der Waals surface area contributed by atoms with Crippen LogP contribution in [0.1, 0.15) is 82.7 Å². The fraction of sp³-hybridized carbons (Fsp3) is 0.484. The first-order valence-corrected chi connectivity index (χ1v) is 13.9. The van der Waals surface area contributed by atoms with Crippen LogP contribution in [0.2, 0.25) is 5.02 Å². The topological polar surface area (TPSA) is 131 Å². The van der Waals surface area contributed by atoms with Crippen LogP contribution >= 0.6 is 11.6 Å². The molecule has 10 heteroatoms. The molecule has 0 aliphatic rings. The number of hydrogen-bond donors (Lipinski definition) is 3. The zero-order valence-electron chi connectivity index (χ0n) is 25.5. The van der Waals surface area contributed by atoms with E-state index in [9.17, 15) is 19.2 Å². The summed E-state index contributed by atoms with van der Waals surface area (Å²) in [5, 5.41) is 5.90. The highest BCUT2D eigenvalue weighted by Crippen LogP contribution is 2.35. The molecule has 41 heavy (non-hydrogen) atoms. The third-order valence-electron chi connectivity index (χ3n) is 6.33. The van der Waals surface area contributed by atoms with Crippen molar-refractivity contribution in [3.05, 3.63) is 63.7 Å². The Morgan fingerprint density at radius 3 is 2.12 bits per heavy atom. The molecule has 2 aromatic rings. The highest BCUT2D eigenvalue weighted by atomic mass is 35.5. The maximum absolute atomic E-state index is 14.4. The molecule has 0 saturated carbocycles. The van der Waals surface area contributed by atoms with Crippen LogP contribution in [0.25, 0.3) is 0 Å². The lowest BCUT2D eigenvalue weighted by Gasteiger charge is -2.43. The Morgan fingerprint density at radius 1 is 0.976 bits per heavy atom. The molecule has 2 aromatic carbocycles. The maximum atomic E-state index is 14.4. The number of amides is 4. The third-order valence-corrected chi connectivity index (χ3v) is 6.64. The molecule has 4 N–H and O–H groups in total. The maximum Gasteiger partial charge on any atom is 0.408 e. The van der Waals surface area contributed by atoms with Gasteiger partial charge in [-0.1, -0.05) is 47.5 Å². The molecule has 9 nitrogen and oxygen atoms in total. The normalized spacial score (nSPS) is 13.1. The molecular formula is C31H43ClN4O5. The Balaban J connectivity index is 2.69. The van der Waals surface area contributed by atoms with E-state index in [-0.39, 0.29) is 12.8 Å². The lowest BCUT2D eigenvalue weighted by molar-refractivity contribution is -0.147. The molecule has 2 unspecified atom stereocenters. The molecule has 0 radical (unpaired) electrons. The summed E-state index contributed by atoms with van der Waals surface area (Å²) in [6.45, 7) is 16.1. The van der Waals surface area contributed by atoms with Crippen molar-refractivity contribution in [1.82, 2.24) is 10.2 Å². The number of primary amides is 1. The zero-order chi connectivity index (χ0) is 31.3. The van der Waals surface area contributed by atoms with Crippen molar-refractivity contribution in [2.45, 2.75) is 98.4 Å². The number of halogens is 1. The van der Waals surface area contributed by atoms with Crippen molar-refractivity contribution in [2.75, 3.05) is 5.32 Å². The lowest BCUT2D eigenvalue weighted by atomic mass is 9.91. The predicted molar refractivity (Wildman–Crippen MR) is 162 cm³/mol. The van der Waals surface area contributed by atoms with E-state index in [1.807, 2.05) is 45.0 Å². The molecule has 0 saturated heterocycles. The summed E-state index contributed by atoms with van der Waals surface area (Å²) in [5.41, 5.74) is 7.26. The minimum atomic E-state index is -1.19. The minimum absolute atomic E-state index is 0.0785. The summed E-state index contributed by atoms with van der Waals surface area (Å²) in [6, 6.07) is 8.60. The van der Waals surface area contributed by atoms with Gasteiger partial charge in [-0.25, -0.2) is 4.79 Å². The van der Waals surface area contributed by atoms with E-state index in [4.69, 9.17) is 22.1 Å². The van der Waals surface area contributed by atoms with E-state index in [1.54, 1.807) is 53.7 Å². The van der Waals surface area contributed by atoms with Gasteiger partial charge in [-0.05, 0) is 91.5 Å². The Bertz CT molecular complexity index is 1280. The fourth-order valence-electron chi connectivity index (χ4n) is 4.52. The van der Waals surface area contributed by atoms with Crippen LogP contribution in [-0.2, 0) is 19.1 Å². The van der Waals surface area contributed by atoms with Crippen LogP contribution in [-0.4, -0.2) is 45.9 Å². The number of ether oxygens (including phenoxy) is 1. The molecule has 0 fully saturated rings. The Hall–Kier alpha value is -3.59. The number of nitrogens with zero attached hydrogens (tertiary/aromatic N) is 1. The second kappa shape index (κ2) is 13.4. The summed E-state index contributed by atoms with van der Waals surface area (Å²) in [6.07, 6.45) is -1.07. The van der Waals surface area contributed by atoms with Gasteiger partial charge in [0.25, 0.3) is 5.91 Å². The van der Waals surface area contributed by atoms with E-state index in [1.165, 1.54) is 4.90 Å². The van der Waals surface area contributed by atoms with Crippen LogP contribution < -0.4 is 16.4 Å². The number of rotatable bonds is 9. The lowest BCUT2D eigenvalue weighted by Crippen LogP contribution is -2.58. The summed E-state index contributed by atoms with van der Waals surface area (Å²) in [5.74, 6) is -1.68. The fourth-order valence-corrected chi connectivity index (χ4v) is 4.79. The number of aryl methyl sites for hydroxylation is 3. The molecule has 224 valence electrons. The van der Waals surface area contributed by atoms with Gasteiger partial charge >= 0.3 is 6.09 Å². The predicted octanol–water partition coefficient (Wildman–Crippen LogP) is 5.73. The van der Waals surface area contributed by atoms with Crippen LogP contribution in [0.15, 0.2) is 36.4 Å². The van der Waals surface area contributed by atoms with Crippen molar-refractivity contribution in [1.29, 1.82) is 0 Å². The highest BCUT2D eigenvalue weighted by Gasteiger charge is 2.42. The Kier molecular flexibility index (Phi) is 11.0. The van der Waals surface area contributed by atoms with Gasteiger partial charge in [-0.2, -0.15) is 0 Å². The van der Waals surface area contributed by atoms with Crippen molar-refractivity contribution in [3.8, 4) is 0 Å². The number of benzene rings is 2. The third kappa shape index (κ3) is 9.49. The summed E-state index contributed by atoms with van der Waals surface area (Å²) < 4.78 is 5.39. The van der Waals surface area contributed by atoms with Crippen molar-refractivity contribution in [2.24, 2.45) is 5.73 Å². The van der Waals surface area contributed by atoms with Crippen molar-refractivity contribution < 1.29 is 23.9 Å². The molecule has 2 rings (SSSR count). The van der Waals surface area contributed by atoms with Gasteiger partial charge in [0.2, 0.25) is 11.8 Å². The quantitative estimate of drug-likeness (QED) is 0.345. The average molecular weight is 587 g/mol. The number of nitrogens with two attached hydrogens (primary N) is 1. The largest absolute Gasteiger partial charge is 0.444 e. The van der Waals surface area contributed by atoms with Gasteiger partial charge in [-0.15, -0.1) is 0 Å². The molecule has 0 aromatic heterocycles. The van der Waals surface area contributed by atoms with Crippen molar-refractivity contribution >= 4 is 41.1 Å². The SMILES string of the molecule is Cc1ccc(C(C(=O)Nc2c(C)cccc2Cl)N(C(=O)C(CCC(N)=O)NC(=O)OC(C)(C)C)C(C)(C)C)c(C)c1. The van der Waals surface area contributed by atoms with Crippen LogP contribution in [0.4, 0.5) is 10.5 Å². The Morgan fingerprint density at radius 2 is 1.61 bits per heavy atom. The van der Waals surface area contributed by atoms with Gasteiger partial charge in [-0.3, -0.25) is 14.4 Å². The van der Waals surface area contributed by atoms with Gasteiger partial charge < -0.3 is 26.0 Å². The van der Waals surface area contributed by atoms with Gasteiger partial charge in [0.1, 0.15) is 17.7 Å². The number of para-hydroxylation sites is 1. The molecule has 4 amide bonds. The van der Waals surface area contributed by atoms with Gasteiger partial charge in [0.05, 0.1) is 10.7 Å². The summed E-state index contributed by atoms with van der Waals surface area (Å²) in [7, 11) is 0. The second-order valence-corrected chi connectivity index (χ2v) is 12.7. The smallest absolute Gasteiger partial charge is 0.408 e. The molecule has 0 aliphatic carbocycles. The average Bonchev–Trinajstić information content (AvgIpc) is 2.80. The second-order valence-electron chi connectivity index (χ2n) is 12.3. The number of nitrogens with one attached hydrogen (secondary N) is 2. The number of hydrogen-bond acceptors (Lipinski definition) is 5. The molecule has 0 bridgehead atoms. The van der Waals surface area contributed by atoms with E-state index in [2.05, 4.69) is 10.6 Å². The van der Waals surface area contributed by atoms with E-state index >= 15 is 0 Å². The summed E-state index contributed by atoms with van der Waals surface area (Å²) >= 11 is 6.44. The van der Waals surface area contributed by atoms with E-state index in [0.717, 1.165) is 16.7 Å². The minimum Gasteiger partial charge on any atom is -0.444 e. The number of carbonyl (C=O) groups is 4. The molecule has 2 atom stereocenters. The van der Waals surface area contributed by atoms with Crippen LogP contribution in [0, 0.1) is 20.8 Å². The molecule has 0 aliphatic heterocycles. The number of carbonyl (C=O) groups excluding carboxylic acids is 4. The Labute approximate surface area is 248 Å². The van der Waals surface area contributed by atoms with Crippen molar-refractivity contribution in [3.63, 3.8) is 0 Å². The highest BCUT2D eigenvalue weighted by molar-refractivity contribution is 6.34. The van der Waals surface area contributed by atoms with E-state index in [0.29, 0.717) is 16.3 Å². The summed E-state index contributed by atoms with van der Waals surface area (Å²) in [4.78, 5) is 54.5. The monoisotopic (exact) mass is 586 g/mol. The first kappa shape index (κ1) is 33.6. The molecule has 0 spiro atoms. The van der Waals surface area contributed by atoms with E-state index < -0.39 is 47.0 Å².